The van der Waals surface area contributed by atoms with Crippen molar-refractivity contribution < 1.29 is 0 Å². The molecule has 3 aromatic carbocycles. The minimum atomic E-state index is 1.30. The van der Waals surface area contributed by atoms with E-state index in [2.05, 4.69) is 48.5 Å². The van der Waals surface area contributed by atoms with Gasteiger partial charge in [-0.15, -0.1) is 0 Å². The van der Waals surface area contributed by atoms with Crippen molar-refractivity contribution in [3.63, 3.8) is 0 Å². The van der Waals surface area contributed by atoms with E-state index in [0.717, 1.165) is 0 Å². The molecule has 2 aliphatic rings. The third-order valence-electron chi connectivity index (χ3n) is 4.94. The lowest BCUT2D eigenvalue weighted by atomic mass is 9.92. The number of benzene rings is 3. The van der Waals surface area contributed by atoms with Crippen molar-refractivity contribution in [1.82, 2.24) is 0 Å². The second-order valence-corrected chi connectivity index (χ2v) is 6.75. The zero-order valence-corrected chi connectivity index (χ0v) is 15.0. The first-order valence-corrected chi connectivity index (χ1v) is 9.57. The van der Waals surface area contributed by atoms with Crippen LogP contribution < -0.4 is 0 Å². The van der Waals surface area contributed by atoms with Gasteiger partial charge in [0.05, 0.1) is 0 Å². The Hall–Kier alpha value is -2.34. The zero-order valence-electron chi connectivity index (χ0n) is 15.0. The van der Waals surface area contributed by atoms with Gasteiger partial charge in [-0.1, -0.05) is 84.9 Å². The highest BCUT2D eigenvalue weighted by atomic mass is 14.1. The van der Waals surface area contributed by atoms with Crippen molar-refractivity contribution in [2.24, 2.45) is 0 Å². The molecule has 0 radical (unpaired) electrons. The Morgan fingerprint density at radius 1 is 0.320 bits per heavy atom. The molecule has 0 N–H and O–H groups in total. The van der Waals surface area contributed by atoms with Crippen LogP contribution in [0.3, 0.4) is 0 Å². The molecule has 2 aliphatic carbocycles. The van der Waals surface area contributed by atoms with E-state index in [-0.39, 0.29) is 0 Å². The highest BCUT2D eigenvalue weighted by Crippen LogP contribution is 2.20. The van der Waals surface area contributed by atoms with Crippen molar-refractivity contribution in [2.75, 3.05) is 0 Å². The maximum Gasteiger partial charge on any atom is -0.0273 e. The Kier molecular flexibility index (Phi) is 6.88. The van der Waals surface area contributed by atoms with E-state index in [1.54, 1.807) is 22.3 Å². The molecule has 0 atom stereocenters. The lowest BCUT2D eigenvalue weighted by Gasteiger charge is -2.13. The SMILES string of the molecule is c1ccc2c(c1)CCC2.c1ccc2c(c1)CCCC2.c1ccccc1. The minimum Gasteiger partial charge on any atom is -0.0623 e. The number of hydrogen-bond donors (Lipinski definition) is 0. The van der Waals surface area contributed by atoms with Crippen LogP contribution in [0, 0.1) is 0 Å². The van der Waals surface area contributed by atoms with Gasteiger partial charge in [-0.2, -0.15) is 0 Å². The van der Waals surface area contributed by atoms with Crippen molar-refractivity contribution in [3.8, 4) is 0 Å². The van der Waals surface area contributed by atoms with Gasteiger partial charge in [0.1, 0.15) is 0 Å². The molecule has 0 heterocycles. The summed E-state index contributed by atoms with van der Waals surface area (Å²) in [7, 11) is 0. The summed E-state index contributed by atoms with van der Waals surface area (Å²) < 4.78 is 0. The third kappa shape index (κ3) is 5.60. The molecule has 0 fully saturated rings. The van der Waals surface area contributed by atoms with E-state index in [1.165, 1.54) is 44.9 Å². The molecule has 0 heteroatoms. The minimum absolute atomic E-state index is 1.30. The molecule has 0 bridgehead atoms. The molecule has 3 aromatic rings. The van der Waals surface area contributed by atoms with Gasteiger partial charge in [-0.05, 0) is 67.2 Å². The number of aryl methyl sites for hydroxylation is 4. The van der Waals surface area contributed by atoms with Crippen LogP contribution >= 0.6 is 0 Å². The number of rotatable bonds is 0. The van der Waals surface area contributed by atoms with Crippen LogP contribution in [0.15, 0.2) is 84.9 Å². The number of hydrogen-bond acceptors (Lipinski definition) is 0. The quantitative estimate of drug-likeness (QED) is 0.446. The van der Waals surface area contributed by atoms with Crippen molar-refractivity contribution in [3.05, 3.63) is 107 Å². The molecule has 5 rings (SSSR count). The highest BCUT2D eigenvalue weighted by Gasteiger charge is 2.07. The highest BCUT2D eigenvalue weighted by molar-refractivity contribution is 5.30. The Labute approximate surface area is 152 Å². The predicted octanol–water partition coefficient (Wildman–Crippen LogP) is 6.43. The lowest BCUT2D eigenvalue weighted by Crippen LogP contribution is -2.00. The van der Waals surface area contributed by atoms with Crippen LogP contribution in [0.25, 0.3) is 0 Å². The first-order valence-electron chi connectivity index (χ1n) is 9.57. The topological polar surface area (TPSA) is 0 Å². The molecule has 128 valence electrons. The summed E-state index contributed by atoms with van der Waals surface area (Å²) in [4.78, 5) is 0. The molecule has 0 saturated carbocycles. The van der Waals surface area contributed by atoms with Crippen LogP contribution in [0.5, 0.6) is 0 Å². The maximum atomic E-state index is 2.26. The average Bonchev–Trinajstić information content (AvgIpc) is 3.19. The van der Waals surface area contributed by atoms with E-state index >= 15 is 0 Å². The summed E-state index contributed by atoms with van der Waals surface area (Å²) in [6.45, 7) is 0. The van der Waals surface area contributed by atoms with Gasteiger partial charge < -0.3 is 0 Å². The summed E-state index contributed by atoms with van der Waals surface area (Å²) >= 11 is 0. The summed E-state index contributed by atoms with van der Waals surface area (Å²) in [5, 5.41) is 0. The maximum absolute atomic E-state index is 2.26. The molecule has 0 unspecified atom stereocenters. The molecular weight excluding hydrogens is 300 g/mol. The Bertz CT molecular complexity index is 668. The smallest absolute Gasteiger partial charge is 0.0273 e. The molecule has 0 spiro atoms. The second kappa shape index (κ2) is 9.84. The van der Waals surface area contributed by atoms with Gasteiger partial charge >= 0.3 is 0 Å². The zero-order chi connectivity index (χ0) is 17.2. The van der Waals surface area contributed by atoms with E-state index in [0.29, 0.717) is 0 Å². The van der Waals surface area contributed by atoms with E-state index in [1.807, 2.05) is 36.4 Å². The molecule has 0 amide bonds. The molecule has 0 saturated heterocycles. The fourth-order valence-electron chi connectivity index (χ4n) is 3.58. The average molecular weight is 328 g/mol. The van der Waals surface area contributed by atoms with Crippen molar-refractivity contribution >= 4 is 0 Å². The van der Waals surface area contributed by atoms with Crippen LogP contribution in [0.1, 0.15) is 41.5 Å². The van der Waals surface area contributed by atoms with Crippen LogP contribution in [0.4, 0.5) is 0 Å². The van der Waals surface area contributed by atoms with Crippen molar-refractivity contribution in [1.29, 1.82) is 0 Å². The summed E-state index contributed by atoms with van der Waals surface area (Å²) in [6.07, 6.45) is 9.34. The van der Waals surface area contributed by atoms with Gasteiger partial charge in [-0.25, -0.2) is 0 Å². The first kappa shape index (κ1) is 17.5. The predicted molar refractivity (Wildman–Crippen MR) is 108 cm³/mol. The second-order valence-electron chi connectivity index (χ2n) is 6.75. The van der Waals surface area contributed by atoms with Gasteiger partial charge in [0, 0.05) is 0 Å². The molecule has 0 aromatic heterocycles. The fraction of sp³-hybridized carbons (Fsp3) is 0.280. The largest absolute Gasteiger partial charge is 0.0623 e. The van der Waals surface area contributed by atoms with Gasteiger partial charge in [0.2, 0.25) is 0 Å². The third-order valence-corrected chi connectivity index (χ3v) is 4.94. The van der Waals surface area contributed by atoms with Gasteiger partial charge in [0.25, 0.3) is 0 Å². The summed E-state index contributed by atoms with van der Waals surface area (Å²) in [5.74, 6) is 0. The Balaban J connectivity index is 0.000000113. The van der Waals surface area contributed by atoms with Crippen LogP contribution in [-0.2, 0) is 25.7 Å². The molecule has 25 heavy (non-hydrogen) atoms. The normalized spacial score (nSPS) is 14.1. The van der Waals surface area contributed by atoms with E-state index < -0.39 is 0 Å². The molecule has 0 aliphatic heterocycles. The number of fused-ring (bicyclic) bond motifs is 2. The monoisotopic (exact) mass is 328 g/mol. The summed E-state index contributed by atoms with van der Waals surface area (Å²) in [6, 6.07) is 29.5. The lowest BCUT2D eigenvalue weighted by molar-refractivity contribution is 0.685. The fourth-order valence-corrected chi connectivity index (χ4v) is 3.58. The Morgan fingerprint density at radius 3 is 0.920 bits per heavy atom. The van der Waals surface area contributed by atoms with Crippen molar-refractivity contribution in [2.45, 2.75) is 44.9 Å². The van der Waals surface area contributed by atoms with E-state index in [4.69, 9.17) is 0 Å². The first-order chi connectivity index (χ1) is 12.4. The van der Waals surface area contributed by atoms with Crippen LogP contribution in [0.2, 0.25) is 0 Å². The van der Waals surface area contributed by atoms with Gasteiger partial charge in [-0.3, -0.25) is 0 Å². The van der Waals surface area contributed by atoms with E-state index in [9.17, 15) is 0 Å². The standard InChI is InChI=1S/C10H12.C9H10.C6H6/c1-2-6-10-8-4-3-7-9(10)5-1;1-2-5-9-7-3-6-8(9)4-1;1-2-4-6-5-3-1/h1-2,5-6H,3-4,7-8H2;1-2,4-5H,3,6-7H2;1-6H. The van der Waals surface area contributed by atoms with Crippen LogP contribution in [-0.4, -0.2) is 0 Å². The molecular formula is C25H28. The Morgan fingerprint density at radius 2 is 0.600 bits per heavy atom. The summed E-state index contributed by atoms with van der Waals surface area (Å²) in [5.41, 5.74) is 6.29. The molecule has 0 nitrogen and oxygen atoms in total. The van der Waals surface area contributed by atoms with Gasteiger partial charge in [0.15, 0.2) is 0 Å².